The molecule has 0 radical (unpaired) electrons. The maximum atomic E-state index is 13.1. The van der Waals surface area contributed by atoms with Crippen LogP contribution >= 0.6 is 11.9 Å². The van der Waals surface area contributed by atoms with E-state index in [-0.39, 0.29) is 17.0 Å². The minimum atomic E-state index is -0.472. The first kappa shape index (κ1) is 22.4. The Hall–Kier alpha value is -3.81. The number of hydrogen-bond donors (Lipinski definition) is 1. The summed E-state index contributed by atoms with van der Waals surface area (Å²) in [5.41, 5.74) is 1.01. The molecule has 0 aliphatic heterocycles. The van der Waals surface area contributed by atoms with Crippen molar-refractivity contribution in [2.45, 2.75) is 18.6 Å². The van der Waals surface area contributed by atoms with E-state index in [0.717, 1.165) is 12.4 Å². The summed E-state index contributed by atoms with van der Waals surface area (Å²) in [4.78, 5) is 16.4. The van der Waals surface area contributed by atoms with Gasteiger partial charge in [-0.3, -0.25) is 9.40 Å². The van der Waals surface area contributed by atoms with Gasteiger partial charge in [-0.15, -0.1) is 10.2 Å². The Balaban J connectivity index is 1.68. The summed E-state index contributed by atoms with van der Waals surface area (Å²) in [5.74, 6) is 1.45. The fraction of sp³-hybridized carbons (Fsp3) is 0.316. The molecule has 0 aliphatic rings. The monoisotopic (exact) mass is 472 g/mol. The number of aryl methyl sites for hydroxylation is 1. The lowest BCUT2D eigenvalue weighted by Crippen LogP contribution is -2.12. The van der Waals surface area contributed by atoms with Crippen LogP contribution in [0.2, 0.25) is 0 Å². The number of halogens is 1. The van der Waals surface area contributed by atoms with Gasteiger partial charge in [0.15, 0.2) is 17.3 Å². The van der Waals surface area contributed by atoms with Crippen molar-refractivity contribution in [1.82, 2.24) is 44.5 Å². The predicted molar refractivity (Wildman–Crippen MR) is 119 cm³/mol. The molecule has 0 saturated heterocycles. The van der Waals surface area contributed by atoms with Crippen molar-refractivity contribution in [3.8, 4) is 29.0 Å². The second-order valence-corrected chi connectivity index (χ2v) is 8.09. The Morgan fingerprint density at radius 2 is 1.79 bits per heavy atom. The molecule has 0 bridgehead atoms. The van der Waals surface area contributed by atoms with Crippen molar-refractivity contribution in [2.75, 3.05) is 18.9 Å². The van der Waals surface area contributed by atoms with Crippen LogP contribution in [-0.4, -0.2) is 64.0 Å². The highest BCUT2D eigenvalue weighted by Gasteiger charge is 2.25. The third kappa shape index (κ3) is 4.84. The Kier molecular flexibility index (Phi) is 6.63. The highest BCUT2D eigenvalue weighted by molar-refractivity contribution is 8.01. The van der Waals surface area contributed by atoms with Gasteiger partial charge in [-0.1, -0.05) is 6.92 Å². The lowest BCUT2D eigenvalue weighted by Gasteiger charge is -2.16. The molecular formula is C19H21FN10O2S. The number of methoxy groups -OCH3 is 2. The third-order valence-electron chi connectivity index (χ3n) is 4.47. The Labute approximate surface area is 192 Å². The lowest BCUT2D eigenvalue weighted by molar-refractivity contribution is 0.368. The van der Waals surface area contributed by atoms with Gasteiger partial charge in [0.2, 0.25) is 17.7 Å². The molecule has 14 heteroatoms. The molecule has 0 aromatic carbocycles. The lowest BCUT2D eigenvalue weighted by atomic mass is 10.3. The van der Waals surface area contributed by atoms with Gasteiger partial charge >= 0.3 is 0 Å². The normalized spacial score (nSPS) is 11.9. The second-order valence-electron chi connectivity index (χ2n) is 6.85. The summed E-state index contributed by atoms with van der Waals surface area (Å²) < 4.78 is 30.6. The van der Waals surface area contributed by atoms with E-state index in [1.165, 1.54) is 32.5 Å². The van der Waals surface area contributed by atoms with Crippen LogP contribution in [-0.2, 0) is 13.5 Å². The van der Waals surface area contributed by atoms with Crippen LogP contribution in [0.5, 0.6) is 11.8 Å². The van der Waals surface area contributed by atoms with E-state index in [1.54, 1.807) is 15.4 Å². The van der Waals surface area contributed by atoms with Crippen LogP contribution < -0.4 is 14.2 Å². The van der Waals surface area contributed by atoms with Gasteiger partial charge in [-0.2, -0.15) is 15.1 Å². The first-order chi connectivity index (χ1) is 16.0. The minimum Gasteiger partial charge on any atom is -0.479 e. The van der Waals surface area contributed by atoms with Crippen LogP contribution in [0, 0.1) is 5.82 Å². The fourth-order valence-corrected chi connectivity index (χ4v) is 3.67. The highest BCUT2D eigenvalue weighted by Crippen LogP contribution is 2.35. The van der Waals surface area contributed by atoms with Crippen LogP contribution in [0.25, 0.3) is 17.2 Å². The minimum absolute atomic E-state index is 0.0229. The van der Waals surface area contributed by atoms with Gasteiger partial charge in [0.1, 0.15) is 17.8 Å². The molecule has 0 fully saturated rings. The number of anilines is 1. The number of hydrogen-bond acceptors (Lipinski definition) is 11. The molecule has 0 aliphatic carbocycles. The summed E-state index contributed by atoms with van der Waals surface area (Å²) in [7, 11) is 4.82. The zero-order valence-electron chi connectivity index (χ0n) is 18.3. The summed E-state index contributed by atoms with van der Waals surface area (Å²) in [6.07, 6.45) is 5.96. The fourth-order valence-electron chi connectivity index (χ4n) is 3.00. The van der Waals surface area contributed by atoms with Gasteiger partial charge in [0.25, 0.3) is 0 Å². The Morgan fingerprint density at radius 3 is 2.39 bits per heavy atom. The Morgan fingerprint density at radius 1 is 1.09 bits per heavy atom. The van der Waals surface area contributed by atoms with Gasteiger partial charge in [0, 0.05) is 24.9 Å². The van der Waals surface area contributed by atoms with Gasteiger partial charge < -0.3 is 9.47 Å². The first-order valence-corrected chi connectivity index (χ1v) is 10.6. The van der Waals surface area contributed by atoms with E-state index >= 15 is 0 Å². The van der Waals surface area contributed by atoms with Crippen molar-refractivity contribution >= 4 is 17.9 Å². The molecule has 1 unspecified atom stereocenters. The van der Waals surface area contributed by atoms with E-state index in [4.69, 9.17) is 9.47 Å². The summed E-state index contributed by atoms with van der Waals surface area (Å²) in [5, 5.41) is 13.1. The standard InChI is InChI=1S/C19H21FN10O2S/c1-11(7-14-21-8-12(20)9-22-14)33-28-19-26-25-16(13-5-6-29(2)27-13)30(19)15-17(31-3)23-10-24-18(15)32-4/h5-6,8-11H,7H2,1-4H3,(H,26,28). The zero-order chi connectivity index (χ0) is 23.4. The average Bonchev–Trinajstić information content (AvgIpc) is 3.44. The van der Waals surface area contributed by atoms with Crippen molar-refractivity contribution in [1.29, 1.82) is 0 Å². The largest absolute Gasteiger partial charge is 0.479 e. The summed E-state index contributed by atoms with van der Waals surface area (Å²) in [6, 6.07) is 1.81. The highest BCUT2D eigenvalue weighted by atomic mass is 32.2. The van der Waals surface area contributed by atoms with Crippen molar-refractivity contribution in [3.05, 3.63) is 42.6 Å². The van der Waals surface area contributed by atoms with Crippen molar-refractivity contribution in [2.24, 2.45) is 7.05 Å². The smallest absolute Gasteiger partial charge is 0.245 e. The molecule has 33 heavy (non-hydrogen) atoms. The van der Waals surface area contributed by atoms with Crippen LogP contribution in [0.3, 0.4) is 0 Å². The number of nitrogens with zero attached hydrogens (tertiary/aromatic N) is 9. The van der Waals surface area contributed by atoms with E-state index in [2.05, 4.69) is 40.0 Å². The third-order valence-corrected chi connectivity index (χ3v) is 5.34. The molecule has 1 N–H and O–H groups in total. The van der Waals surface area contributed by atoms with Crippen molar-refractivity contribution < 1.29 is 13.9 Å². The predicted octanol–water partition coefficient (Wildman–Crippen LogP) is 2.10. The molecule has 4 rings (SSSR count). The maximum absolute atomic E-state index is 13.1. The van der Waals surface area contributed by atoms with E-state index in [1.807, 2.05) is 20.0 Å². The van der Waals surface area contributed by atoms with Crippen LogP contribution in [0.15, 0.2) is 31.0 Å². The number of aromatic nitrogens is 9. The van der Waals surface area contributed by atoms with E-state index in [9.17, 15) is 4.39 Å². The van der Waals surface area contributed by atoms with Gasteiger partial charge in [-0.05, 0) is 18.0 Å². The SMILES string of the molecule is COc1ncnc(OC)c1-n1c(NSC(C)Cc2ncc(F)cn2)nnc1-c1ccn(C)n1. The summed E-state index contributed by atoms with van der Waals surface area (Å²) in [6.45, 7) is 1.98. The molecular weight excluding hydrogens is 451 g/mol. The molecule has 1 atom stereocenters. The van der Waals surface area contributed by atoms with Crippen LogP contribution in [0.4, 0.5) is 10.3 Å². The molecule has 0 amide bonds. The average molecular weight is 473 g/mol. The molecule has 4 aromatic rings. The Bertz CT molecular complexity index is 1210. The quantitative estimate of drug-likeness (QED) is 0.359. The number of nitrogens with one attached hydrogen (secondary N) is 1. The molecule has 0 saturated carbocycles. The molecule has 12 nitrogen and oxygen atoms in total. The first-order valence-electron chi connectivity index (χ1n) is 9.77. The van der Waals surface area contributed by atoms with Crippen LogP contribution in [0.1, 0.15) is 12.7 Å². The molecule has 0 spiro atoms. The number of rotatable bonds is 9. The van der Waals surface area contributed by atoms with Gasteiger partial charge in [0.05, 0.1) is 26.6 Å². The zero-order valence-corrected chi connectivity index (χ0v) is 19.1. The molecule has 4 heterocycles. The number of ether oxygens (including phenoxy) is 2. The molecule has 172 valence electrons. The molecule has 4 aromatic heterocycles. The van der Waals surface area contributed by atoms with E-state index < -0.39 is 5.82 Å². The van der Waals surface area contributed by atoms with Gasteiger partial charge in [-0.25, -0.2) is 18.9 Å². The maximum Gasteiger partial charge on any atom is 0.245 e. The topological polar surface area (TPSA) is 131 Å². The van der Waals surface area contributed by atoms with Crippen molar-refractivity contribution in [3.63, 3.8) is 0 Å². The van der Waals surface area contributed by atoms with E-state index in [0.29, 0.717) is 35.4 Å². The summed E-state index contributed by atoms with van der Waals surface area (Å²) >= 11 is 1.38. The second kappa shape index (κ2) is 9.77.